The van der Waals surface area contributed by atoms with Crippen LogP contribution in [-0.4, -0.2) is 8.42 Å². The minimum Gasteiger partial charge on any atom is -0.398 e. The van der Waals surface area contributed by atoms with E-state index in [0.717, 1.165) is 10.0 Å². The van der Waals surface area contributed by atoms with Gasteiger partial charge in [-0.3, -0.25) is 0 Å². The van der Waals surface area contributed by atoms with Crippen molar-refractivity contribution in [3.8, 4) is 0 Å². The third-order valence-corrected chi connectivity index (χ3v) is 5.06. The third kappa shape index (κ3) is 3.82. The molecule has 2 rings (SSSR count). The number of anilines is 1. The Morgan fingerprint density at radius 3 is 2.45 bits per heavy atom. The molecule has 0 saturated heterocycles. The van der Waals surface area contributed by atoms with Gasteiger partial charge in [-0.05, 0) is 35.9 Å². The predicted molar refractivity (Wildman–Crippen MR) is 86.7 cm³/mol. The van der Waals surface area contributed by atoms with E-state index < -0.39 is 10.0 Å². The normalized spacial score (nSPS) is 11.5. The van der Waals surface area contributed by atoms with Gasteiger partial charge in [-0.1, -0.05) is 44.0 Å². The lowest BCUT2D eigenvalue weighted by molar-refractivity contribution is 0.581. The molecule has 0 spiro atoms. The number of sulfonamides is 1. The van der Waals surface area contributed by atoms with Gasteiger partial charge in [0.2, 0.25) is 10.0 Å². The fourth-order valence-electron chi connectivity index (χ4n) is 1.64. The van der Waals surface area contributed by atoms with E-state index >= 15 is 0 Å². The molecular weight excluding hydrogens is 408 g/mol. The summed E-state index contributed by atoms with van der Waals surface area (Å²) in [5, 5.41) is 0. The monoisotopic (exact) mass is 418 g/mol. The first-order valence-electron chi connectivity index (χ1n) is 5.67. The largest absolute Gasteiger partial charge is 0.398 e. The van der Waals surface area contributed by atoms with E-state index in [4.69, 9.17) is 5.73 Å². The van der Waals surface area contributed by atoms with Gasteiger partial charge in [0, 0.05) is 15.5 Å². The van der Waals surface area contributed by atoms with Crippen LogP contribution in [0.2, 0.25) is 0 Å². The average molecular weight is 420 g/mol. The SMILES string of the molecule is Nc1ccc(Br)cc1S(=O)(=O)NCc1cccc(Br)c1. The summed E-state index contributed by atoms with van der Waals surface area (Å²) in [5.74, 6) is 0. The van der Waals surface area contributed by atoms with Gasteiger partial charge >= 0.3 is 0 Å². The predicted octanol–water partition coefficient (Wildman–Crippen LogP) is 3.27. The van der Waals surface area contributed by atoms with E-state index in [2.05, 4.69) is 36.6 Å². The second-order valence-electron chi connectivity index (χ2n) is 4.14. The lowest BCUT2D eigenvalue weighted by Gasteiger charge is -2.10. The summed E-state index contributed by atoms with van der Waals surface area (Å²) in [6, 6.07) is 12.2. The Bertz CT molecular complexity index is 733. The van der Waals surface area contributed by atoms with Crippen LogP contribution in [0.5, 0.6) is 0 Å². The van der Waals surface area contributed by atoms with E-state index in [-0.39, 0.29) is 17.1 Å². The van der Waals surface area contributed by atoms with Crippen LogP contribution in [0, 0.1) is 0 Å². The number of benzene rings is 2. The fraction of sp³-hybridized carbons (Fsp3) is 0.0769. The molecule has 2 aromatic rings. The van der Waals surface area contributed by atoms with Crippen molar-refractivity contribution in [3.63, 3.8) is 0 Å². The Hall–Kier alpha value is -0.890. The number of hydrogen-bond acceptors (Lipinski definition) is 3. The fourth-order valence-corrected chi connectivity index (χ4v) is 3.78. The molecule has 0 aliphatic carbocycles. The van der Waals surface area contributed by atoms with Gasteiger partial charge in [0.15, 0.2) is 0 Å². The van der Waals surface area contributed by atoms with E-state index in [1.807, 2.05) is 24.3 Å². The maximum atomic E-state index is 12.2. The highest BCUT2D eigenvalue weighted by Gasteiger charge is 2.17. The number of hydrogen-bond donors (Lipinski definition) is 2. The van der Waals surface area contributed by atoms with Crippen molar-refractivity contribution in [1.82, 2.24) is 4.72 Å². The van der Waals surface area contributed by atoms with Gasteiger partial charge in [0.1, 0.15) is 4.90 Å². The zero-order valence-corrected chi connectivity index (χ0v) is 14.3. The van der Waals surface area contributed by atoms with Gasteiger partial charge in [0.05, 0.1) is 5.69 Å². The molecule has 7 heteroatoms. The molecule has 0 aromatic heterocycles. The van der Waals surface area contributed by atoms with Crippen molar-refractivity contribution in [2.24, 2.45) is 0 Å². The zero-order chi connectivity index (χ0) is 14.8. The Labute approximate surface area is 134 Å². The molecule has 0 aliphatic rings. The van der Waals surface area contributed by atoms with E-state index in [1.165, 1.54) is 6.07 Å². The zero-order valence-electron chi connectivity index (χ0n) is 10.3. The minimum absolute atomic E-state index is 0.0712. The molecule has 0 amide bonds. The summed E-state index contributed by atoms with van der Waals surface area (Å²) >= 11 is 6.59. The van der Waals surface area contributed by atoms with Crippen LogP contribution in [-0.2, 0) is 16.6 Å². The van der Waals surface area contributed by atoms with Crippen LogP contribution in [0.4, 0.5) is 5.69 Å². The van der Waals surface area contributed by atoms with Crippen molar-refractivity contribution in [2.75, 3.05) is 5.73 Å². The topological polar surface area (TPSA) is 72.2 Å². The molecule has 106 valence electrons. The van der Waals surface area contributed by atoms with Gasteiger partial charge in [-0.15, -0.1) is 0 Å². The van der Waals surface area contributed by atoms with Crippen molar-refractivity contribution in [1.29, 1.82) is 0 Å². The average Bonchev–Trinajstić information content (AvgIpc) is 2.39. The minimum atomic E-state index is -3.64. The molecule has 2 aromatic carbocycles. The second-order valence-corrected chi connectivity index (χ2v) is 7.70. The number of halogens is 2. The van der Waals surface area contributed by atoms with E-state index in [1.54, 1.807) is 12.1 Å². The molecule has 3 N–H and O–H groups in total. The lowest BCUT2D eigenvalue weighted by atomic mass is 10.2. The number of nitrogens with one attached hydrogen (secondary N) is 1. The molecule has 0 atom stereocenters. The molecule has 20 heavy (non-hydrogen) atoms. The summed E-state index contributed by atoms with van der Waals surface area (Å²) in [6.45, 7) is 0.202. The molecule has 0 fully saturated rings. The smallest absolute Gasteiger partial charge is 0.242 e. The lowest BCUT2D eigenvalue weighted by Crippen LogP contribution is -2.24. The summed E-state index contributed by atoms with van der Waals surface area (Å²) in [7, 11) is -3.64. The number of nitrogens with two attached hydrogens (primary N) is 1. The standard InChI is InChI=1S/C13H12Br2N2O2S/c14-10-3-1-2-9(6-10)8-17-20(18,19)13-7-11(15)4-5-12(13)16/h1-7,17H,8,16H2. The molecule has 4 nitrogen and oxygen atoms in total. The van der Waals surface area contributed by atoms with Crippen LogP contribution in [0.15, 0.2) is 56.3 Å². The van der Waals surface area contributed by atoms with E-state index in [0.29, 0.717) is 4.47 Å². The molecule has 0 saturated carbocycles. The first-order valence-corrected chi connectivity index (χ1v) is 8.74. The van der Waals surface area contributed by atoms with Crippen LogP contribution in [0.1, 0.15) is 5.56 Å². The van der Waals surface area contributed by atoms with E-state index in [9.17, 15) is 8.42 Å². The Morgan fingerprint density at radius 1 is 1.05 bits per heavy atom. The highest BCUT2D eigenvalue weighted by molar-refractivity contribution is 9.10. The Balaban J connectivity index is 2.21. The first kappa shape index (κ1) is 15.5. The molecule has 0 bridgehead atoms. The van der Waals surface area contributed by atoms with Gasteiger partial charge in [0.25, 0.3) is 0 Å². The molecular formula is C13H12Br2N2O2S. The summed E-state index contributed by atoms with van der Waals surface area (Å²) in [5.41, 5.74) is 6.80. The second kappa shape index (κ2) is 6.26. The Kier molecular flexibility index (Phi) is 4.85. The van der Waals surface area contributed by atoms with Crippen LogP contribution < -0.4 is 10.5 Å². The summed E-state index contributed by atoms with van der Waals surface area (Å²) in [4.78, 5) is 0.0712. The van der Waals surface area contributed by atoms with Crippen molar-refractivity contribution >= 4 is 47.6 Å². The van der Waals surface area contributed by atoms with Gasteiger partial charge < -0.3 is 5.73 Å². The first-order chi connectivity index (χ1) is 9.38. The molecule has 0 unspecified atom stereocenters. The third-order valence-electron chi connectivity index (χ3n) is 2.62. The summed E-state index contributed by atoms with van der Waals surface area (Å²) in [6.07, 6.45) is 0. The number of rotatable bonds is 4. The van der Waals surface area contributed by atoms with Gasteiger partial charge in [-0.2, -0.15) is 0 Å². The molecule has 0 radical (unpaired) electrons. The van der Waals surface area contributed by atoms with Crippen molar-refractivity contribution in [2.45, 2.75) is 11.4 Å². The highest BCUT2D eigenvalue weighted by atomic mass is 79.9. The van der Waals surface area contributed by atoms with Crippen LogP contribution >= 0.6 is 31.9 Å². The quantitative estimate of drug-likeness (QED) is 0.747. The summed E-state index contributed by atoms with van der Waals surface area (Å²) < 4.78 is 28.6. The van der Waals surface area contributed by atoms with Crippen LogP contribution in [0.25, 0.3) is 0 Å². The maximum Gasteiger partial charge on any atom is 0.242 e. The van der Waals surface area contributed by atoms with Crippen LogP contribution in [0.3, 0.4) is 0 Å². The maximum absolute atomic E-state index is 12.2. The highest BCUT2D eigenvalue weighted by Crippen LogP contribution is 2.23. The molecule has 0 aliphatic heterocycles. The van der Waals surface area contributed by atoms with Crippen molar-refractivity contribution < 1.29 is 8.42 Å². The van der Waals surface area contributed by atoms with Crippen molar-refractivity contribution in [3.05, 3.63) is 57.0 Å². The van der Waals surface area contributed by atoms with Gasteiger partial charge in [-0.25, -0.2) is 13.1 Å². The number of nitrogen functional groups attached to an aromatic ring is 1. The molecule has 0 heterocycles. The Morgan fingerprint density at radius 2 is 1.75 bits per heavy atom.